The minimum absolute atomic E-state index is 0.0870. The van der Waals surface area contributed by atoms with Gasteiger partial charge in [-0.3, -0.25) is 14.5 Å². The van der Waals surface area contributed by atoms with Crippen molar-refractivity contribution >= 4 is 22.8 Å². The Hall–Kier alpha value is -4.08. The quantitative estimate of drug-likeness (QED) is 0.404. The van der Waals surface area contributed by atoms with E-state index in [1.807, 2.05) is 29.7 Å². The van der Waals surface area contributed by atoms with E-state index >= 15 is 0 Å². The number of ether oxygens (including phenoxy) is 1. The standard InChI is InChI=1S/C19H15FN6O3/c1-11-4-3-7-25-16(11)10-22-18(25)13-5-6-21-19(23-13)24-14-9-15(26(27)28)12(20)8-17(14)29-2/h3-10H,1-2H3,(H,21,23,24). The Bertz CT molecular complexity index is 1240. The molecular weight excluding hydrogens is 379 g/mol. The van der Waals surface area contributed by atoms with Crippen LogP contribution in [0.15, 0.2) is 48.9 Å². The molecule has 4 aromatic rings. The van der Waals surface area contributed by atoms with E-state index in [0.29, 0.717) is 11.5 Å². The normalized spacial score (nSPS) is 10.9. The maximum Gasteiger partial charge on any atom is 0.307 e. The average Bonchev–Trinajstić information content (AvgIpc) is 3.14. The number of aromatic nitrogens is 4. The summed E-state index contributed by atoms with van der Waals surface area (Å²) in [6, 6.07) is 7.58. The molecule has 29 heavy (non-hydrogen) atoms. The zero-order valence-corrected chi connectivity index (χ0v) is 15.5. The fourth-order valence-electron chi connectivity index (χ4n) is 2.97. The number of aryl methyl sites for hydroxylation is 1. The van der Waals surface area contributed by atoms with Gasteiger partial charge in [-0.25, -0.2) is 15.0 Å². The summed E-state index contributed by atoms with van der Waals surface area (Å²) in [5.74, 6) is -0.132. The molecule has 146 valence electrons. The number of benzene rings is 1. The minimum Gasteiger partial charge on any atom is -0.494 e. The van der Waals surface area contributed by atoms with E-state index in [0.717, 1.165) is 23.2 Å². The van der Waals surface area contributed by atoms with Gasteiger partial charge in [-0.1, -0.05) is 6.07 Å². The van der Waals surface area contributed by atoms with Crippen LogP contribution in [0.5, 0.6) is 5.75 Å². The number of imidazole rings is 1. The van der Waals surface area contributed by atoms with Crippen LogP contribution < -0.4 is 10.1 Å². The third-order valence-corrected chi connectivity index (χ3v) is 4.38. The predicted molar refractivity (Wildman–Crippen MR) is 104 cm³/mol. The van der Waals surface area contributed by atoms with Crippen LogP contribution in [-0.4, -0.2) is 31.4 Å². The van der Waals surface area contributed by atoms with Crippen molar-refractivity contribution in [2.24, 2.45) is 0 Å². The van der Waals surface area contributed by atoms with Gasteiger partial charge in [-0.15, -0.1) is 0 Å². The number of halogens is 1. The molecule has 0 atom stereocenters. The van der Waals surface area contributed by atoms with Crippen molar-refractivity contribution in [2.45, 2.75) is 6.92 Å². The molecular formula is C19H15FN6O3. The molecule has 4 rings (SSSR count). The zero-order chi connectivity index (χ0) is 20.5. The van der Waals surface area contributed by atoms with Gasteiger partial charge in [-0.2, -0.15) is 4.39 Å². The number of rotatable bonds is 5. The Kier molecular flexibility index (Phi) is 4.51. The van der Waals surface area contributed by atoms with Crippen LogP contribution in [0.4, 0.5) is 21.7 Å². The molecule has 10 heteroatoms. The molecule has 0 bridgehead atoms. The topological polar surface area (TPSA) is 107 Å². The van der Waals surface area contributed by atoms with Gasteiger partial charge in [-0.05, 0) is 24.6 Å². The number of methoxy groups -OCH3 is 1. The Balaban J connectivity index is 1.74. The first-order valence-electron chi connectivity index (χ1n) is 8.53. The summed E-state index contributed by atoms with van der Waals surface area (Å²) in [6.07, 6.45) is 5.17. The van der Waals surface area contributed by atoms with Crippen LogP contribution in [0.1, 0.15) is 5.56 Å². The third kappa shape index (κ3) is 3.31. The van der Waals surface area contributed by atoms with Gasteiger partial charge in [0.2, 0.25) is 11.8 Å². The molecule has 0 aliphatic rings. The molecule has 0 fully saturated rings. The van der Waals surface area contributed by atoms with Crippen molar-refractivity contribution in [1.82, 2.24) is 19.4 Å². The largest absolute Gasteiger partial charge is 0.494 e. The molecule has 3 heterocycles. The lowest BCUT2D eigenvalue weighted by molar-refractivity contribution is -0.387. The summed E-state index contributed by atoms with van der Waals surface area (Å²) in [7, 11) is 1.34. The van der Waals surface area contributed by atoms with Gasteiger partial charge >= 0.3 is 5.69 Å². The number of hydrogen-bond acceptors (Lipinski definition) is 7. The van der Waals surface area contributed by atoms with Gasteiger partial charge in [0.1, 0.15) is 11.4 Å². The second-order valence-electron chi connectivity index (χ2n) is 6.18. The van der Waals surface area contributed by atoms with Crippen molar-refractivity contribution < 1.29 is 14.1 Å². The van der Waals surface area contributed by atoms with Gasteiger partial charge in [0, 0.05) is 24.5 Å². The first-order valence-corrected chi connectivity index (χ1v) is 8.53. The number of nitro groups is 1. The zero-order valence-electron chi connectivity index (χ0n) is 15.5. The second kappa shape index (κ2) is 7.15. The summed E-state index contributed by atoms with van der Waals surface area (Å²) in [5, 5.41) is 13.9. The Labute approximate surface area is 164 Å². The molecule has 0 amide bonds. The summed E-state index contributed by atoms with van der Waals surface area (Å²) in [4.78, 5) is 23.2. The summed E-state index contributed by atoms with van der Waals surface area (Å²) in [5.41, 5.74) is 2.05. The molecule has 0 radical (unpaired) electrons. The fraction of sp³-hybridized carbons (Fsp3) is 0.105. The highest BCUT2D eigenvalue weighted by atomic mass is 19.1. The molecule has 0 saturated heterocycles. The van der Waals surface area contributed by atoms with E-state index in [2.05, 4.69) is 20.3 Å². The van der Waals surface area contributed by atoms with Crippen molar-refractivity contribution in [2.75, 3.05) is 12.4 Å². The van der Waals surface area contributed by atoms with Crippen molar-refractivity contribution in [3.63, 3.8) is 0 Å². The van der Waals surface area contributed by atoms with Crippen LogP contribution in [0, 0.1) is 22.9 Å². The molecule has 0 spiro atoms. The van der Waals surface area contributed by atoms with Gasteiger partial charge in [0.25, 0.3) is 0 Å². The predicted octanol–water partition coefficient (Wildman–Crippen LogP) is 3.90. The lowest BCUT2D eigenvalue weighted by Crippen LogP contribution is -2.03. The molecule has 9 nitrogen and oxygen atoms in total. The number of nitro benzene ring substituents is 1. The molecule has 0 aliphatic heterocycles. The van der Waals surface area contributed by atoms with Crippen molar-refractivity contribution in [3.05, 3.63) is 70.4 Å². The van der Waals surface area contributed by atoms with Crippen molar-refractivity contribution in [3.8, 4) is 17.3 Å². The molecule has 0 aliphatic carbocycles. The van der Waals surface area contributed by atoms with Crippen LogP contribution in [0.3, 0.4) is 0 Å². The first kappa shape index (κ1) is 18.3. The maximum absolute atomic E-state index is 13.8. The second-order valence-corrected chi connectivity index (χ2v) is 6.18. The van der Waals surface area contributed by atoms with Crippen molar-refractivity contribution in [1.29, 1.82) is 0 Å². The van der Waals surface area contributed by atoms with E-state index < -0.39 is 16.4 Å². The van der Waals surface area contributed by atoms with Crippen LogP contribution >= 0.6 is 0 Å². The number of nitrogens with one attached hydrogen (secondary N) is 1. The average molecular weight is 394 g/mol. The highest BCUT2D eigenvalue weighted by Crippen LogP contribution is 2.33. The van der Waals surface area contributed by atoms with Gasteiger partial charge in [0.15, 0.2) is 5.82 Å². The van der Waals surface area contributed by atoms with E-state index in [4.69, 9.17) is 4.74 Å². The van der Waals surface area contributed by atoms with Gasteiger partial charge < -0.3 is 10.1 Å². The lowest BCUT2D eigenvalue weighted by atomic mass is 10.2. The van der Waals surface area contributed by atoms with Crippen LogP contribution in [0.25, 0.3) is 17.0 Å². The molecule has 3 aromatic heterocycles. The Morgan fingerprint density at radius 3 is 2.86 bits per heavy atom. The fourth-order valence-corrected chi connectivity index (χ4v) is 2.97. The van der Waals surface area contributed by atoms with E-state index in [-0.39, 0.29) is 17.4 Å². The third-order valence-electron chi connectivity index (χ3n) is 4.38. The monoisotopic (exact) mass is 394 g/mol. The number of nitrogens with zero attached hydrogens (tertiary/aromatic N) is 5. The lowest BCUT2D eigenvalue weighted by Gasteiger charge is -2.11. The molecule has 0 saturated carbocycles. The Morgan fingerprint density at radius 2 is 2.10 bits per heavy atom. The first-order chi connectivity index (χ1) is 14.0. The van der Waals surface area contributed by atoms with E-state index in [1.54, 1.807) is 12.3 Å². The van der Waals surface area contributed by atoms with E-state index in [1.165, 1.54) is 13.3 Å². The smallest absolute Gasteiger partial charge is 0.307 e. The SMILES string of the molecule is COc1cc(F)c([N+](=O)[O-])cc1Nc1nccc(-c2ncc3c(C)cccn23)n1. The Morgan fingerprint density at radius 1 is 1.28 bits per heavy atom. The highest BCUT2D eigenvalue weighted by Gasteiger charge is 2.20. The van der Waals surface area contributed by atoms with Crippen LogP contribution in [0.2, 0.25) is 0 Å². The minimum atomic E-state index is -0.994. The molecule has 1 N–H and O–H groups in total. The van der Waals surface area contributed by atoms with Crippen LogP contribution in [-0.2, 0) is 0 Å². The molecule has 1 aromatic carbocycles. The number of hydrogen-bond donors (Lipinski definition) is 1. The summed E-state index contributed by atoms with van der Waals surface area (Å²) < 4.78 is 20.9. The van der Waals surface area contributed by atoms with Gasteiger partial charge in [0.05, 0.1) is 29.4 Å². The maximum atomic E-state index is 13.8. The highest BCUT2D eigenvalue weighted by molar-refractivity contribution is 5.68. The molecule has 0 unspecified atom stereocenters. The summed E-state index contributed by atoms with van der Waals surface area (Å²) in [6.45, 7) is 1.99. The number of pyridine rings is 1. The number of anilines is 2. The summed E-state index contributed by atoms with van der Waals surface area (Å²) >= 11 is 0. The number of fused-ring (bicyclic) bond motifs is 1. The van der Waals surface area contributed by atoms with E-state index in [9.17, 15) is 14.5 Å².